The quantitative estimate of drug-likeness (QED) is 0.811. The summed E-state index contributed by atoms with van der Waals surface area (Å²) in [6.45, 7) is 3.12. The molecule has 1 aliphatic rings. The van der Waals surface area contributed by atoms with Crippen LogP contribution in [0.5, 0.6) is 0 Å². The number of hydrogen-bond donors (Lipinski definition) is 1. The zero-order valence-electron chi connectivity index (χ0n) is 12.4. The van der Waals surface area contributed by atoms with Gasteiger partial charge in [-0.2, -0.15) is 11.8 Å². The van der Waals surface area contributed by atoms with Gasteiger partial charge in [-0.15, -0.1) is 0 Å². The first-order valence-electron chi connectivity index (χ1n) is 7.76. The lowest BCUT2D eigenvalue weighted by molar-refractivity contribution is 0.338. The Morgan fingerprint density at radius 2 is 2.14 bits per heavy atom. The highest BCUT2D eigenvalue weighted by Gasteiger charge is 2.22. The molecule has 114 valence electrons. The van der Waals surface area contributed by atoms with Crippen molar-refractivity contribution in [2.45, 2.75) is 32.2 Å². The van der Waals surface area contributed by atoms with Gasteiger partial charge >= 0.3 is 0 Å². The van der Waals surface area contributed by atoms with Crippen LogP contribution in [0.3, 0.4) is 0 Å². The summed E-state index contributed by atoms with van der Waals surface area (Å²) in [7, 11) is 0. The fourth-order valence-corrected chi connectivity index (χ4v) is 4.45. The third-order valence-electron chi connectivity index (χ3n) is 4.20. The van der Waals surface area contributed by atoms with Crippen molar-refractivity contribution in [2.24, 2.45) is 5.92 Å². The molecule has 0 aliphatic carbocycles. The van der Waals surface area contributed by atoms with Crippen LogP contribution < -0.4 is 5.32 Å². The summed E-state index contributed by atoms with van der Waals surface area (Å²) in [5, 5.41) is 5.45. The molecule has 0 amide bonds. The maximum absolute atomic E-state index is 6.06. The Morgan fingerprint density at radius 3 is 2.90 bits per heavy atom. The lowest BCUT2D eigenvalue weighted by Crippen LogP contribution is -2.24. The maximum atomic E-state index is 6.06. The van der Waals surface area contributed by atoms with Crippen molar-refractivity contribution in [3.8, 4) is 0 Å². The van der Waals surface area contributed by atoms with Crippen LogP contribution in [0.25, 0.3) is 11.0 Å². The van der Waals surface area contributed by atoms with Crippen molar-refractivity contribution >= 4 is 34.3 Å². The van der Waals surface area contributed by atoms with E-state index < -0.39 is 0 Å². The van der Waals surface area contributed by atoms with Gasteiger partial charge in [0.1, 0.15) is 11.3 Å². The topological polar surface area (TPSA) is 25.2 Å². The average Bonchev–Trinajstić information content (AvgIpc) is 2.91. The molecule has 1 unspecified atom stereocenters. The molecule has 0 radical (unpaired) electrons. The van der Waals surface area contributed by atoms with Crippen LogP contribution >= 0.6 is 23.4 Å². The predicted molar refractivity (Wildman–Crippen MR) is 92.3 cm³/mol. The molecule has 4 heteroatoms. The van der Waals surface area contributed by atoms with Crippen LogP contribution in [0.15, 0.2) is 28.7 Å². The average molecular weight is 324 g/mol. The molecule has 2 nitrogen and oxygen atoms in total. The van der Waals surface area contributed by atoms with Gasteiger partial charge in [-0.25, -0.2) is 0 Å². The molecule has 1 aliphatic heterocycles. The Bertz CT molecular complexity index is 591. The van der Waals surface area contributed by atoms with Crippen molar-refractivity contribution in [3.05, 3.63) is 35.0 Å². The highest BCUT2D eigenvalue weighted by molar-refractivity contribution is 7.99. The number of furan rings is 1. The molecule has 3 rings (SSSR count). The molecular weight excluding hydrogens is 302 g/mol. The molecular formula is C17H22ClNOS. The molecule has 0 bridgehead atoms. The van der Waals surface area contributed by atoms with Crippen LogP contribution in [0.4, 0.5) is 0 Å². The van der Waals surface area contributed by atoms with Crippen molar-refractivity contribution < 1.29 is 4.42 Å². The summed E-state index contributed by atoms with van der Waals surface area (Å²) in [5.41, 5.74) is 0.927. The van der Waals surface area contributed by atoms with Gasteiger partial charge in [0.05, 0.1) is 6.04 Å². The first kappa shape index (κ1) is 15.3. The van der Waals surface area contributed by atoms with Crippen LogP contribution in [0.1, 0.15) is 38.0 Å². The third-order valence-corrected chi connectivity index (χ3v) is 5.49. The summed E-state index contributed by atoms with van der Waals surface area (Å²) in [4.78, 5) is 0. The Morgan fingerprint density at radius 1 is 1.33 bits per heavy atom. The van der Waals surface area contributed by atoms with E-state index in [-0.39, 0.29) is 0 Å². The fourth-order valence-electron chi connectivity index (χ4n) is 3.07. The van der Waals surface area contributed by atoms with Crippen LogP contribution in [0, 0.1) is 5.92 Å². The number of rotatable bonds is 5. The Balaban J connectivity index is 1.80. The van der Waals surface area contributed by atoms with Crippen molar-refractivity contribution in [1.29, 1.82) is 0 Å². The molecule has 1 aromatic heterocycles. The second kappa shape index (κ2) is 7.08. The highest BCUT2D eigenvalue weighted by Crippen LogP contribution is 2.33. The first-order valence-corrected chi connectivity index (χ1v) is 9.29. The number of halogens is 1. The van der Waals surface area contributed by atoms with Gasteiger partial charge in [0, 0.05) is 10.4 Å². The normalized spacial score (nSPS) is 18.2. The van der Waals surface area contributed by atoms with Gasteiger partial charge in [-0.05, 0) is 67.5 Å². The number of benzene rings is 1. The zero-order valence-corrected chi connectivity index (χ0v) is 14.0. The molecule has 1 fully saturated rings. The number of thioether (sulfide) groups is 1. The van der Waals surface area contributed by atoms with E-state index in [4.69, 9.17) is 16.0 Å². The predicted octanol–water partition coefficient (Wildman–Crippen LogP) is 5.27. The van der Waals surface area contributed by atoms with E-state index in [1.54, 1.807) is 0 Å². The molecule has 2 aromatic rings. The molecule has 1 N–H and O–H groups in total. The summed E-state index contributed by atoms with van der Waals surface area (Å²) in [6.07, 6.45) is 3.83. The summed E-state index contributed by atoms with van der Waals surface area (Å²) in [5.74, 6) is 4.47. The number of hydrogen-bond acceptors (Lipinski definition) is 3. The molecule has 0 saturated carbocycles. The van der Waals surface area contributed by atoms with Crippen LogP contribution in [0.2, 0.25) is 5.02 Å². The minimum absolute atomic E-state index is 0.314. The maximum Gasteiger partial charge on any atom is 0.134 e. The zero-order chi connectivity index (χ0) is 14.7. The summed E-state index contributed by atoms with van der Waals surface area (Å²) < 4.78 is 6.05. The van der Waals surface area contributed by atoms with Gasteiger partial charge in [0.25, 0.3) is 0 Å². The number of nitrogens with one attached hydrogen (secondary N) is 1. The van der Waals surface area contributed by atoms with E-state index >= 15 is 0 Å². The van der Waals surface area contributed by atoms with Crippen molar-refractivity contribution in [3.63, 3.8) is 0 Å². The second-order valence-corrected chi connectivity index (χ2v) is 7.39. The van der Waals surface area contributed by atoms with Gasteiger partial charge in [-0.3, -0.25) is 0 Å². The SMILES string of the molecule is CCNC(CC1CCSCC1)c1cc2cc(Cl)ccc2o1. The summed E-state index contributed by atoms with van der Waals surface area (Å²) >= 11 is 8.15. The Kier molecular flexibility index (Phi) is 5.15. The molecule has 1 atom stereocenters. The fraction of sp³-hybridized carbons (Fsp3) is 0.529. The van der Waals surface area contributed by atoms with Gasteiger partial charge < -0.3 is 9.73 Å². The van der Waals surface area contributed by atoms with Crippen LogP contribution in [-0.2, 0) is 0 Å². The lowest BCUT2D eigenvalue weighted by Gasteiger charge is -2.25. The lowest BCUT2D eigenvalue weighted by atomic mass is 9.93. The van der Waals surface area contributed by atoms with Gasteiger partial charge in [0.2, 0.25) is 0 Å². The minimum Gasteiger partial charge on any atom is -0.459 e. The monoisotopic (exact) mass is 323 g/mol. The molecule has 21 heavy (non-hydrogen) atoms. The standard InChI is InChI=1S/C17H22ClNOS/c1-2-19-15(9-12-5-7-21-8-6-12)17-11-13-10-14(18)3-4-16(13)20-17/h3-4,10-12,15,19H,2,5-9H2,1H3. The van der Waals surface area contributed by atoms with E-state index in [1.165, 1.54) is 30.8 Å². The van der Waals surface area contributed by atoms with E-state index in [0.29, 0.717) is 6.04 Å². The molecule has 2 heterocycles. The Labute approximate surface area is 135 Å². The summed E-state index contributed by atoms with van der Waals surface area (Å²) in [6, 6.07) is 8.28. The van der Waals surface area contributed by atoms with Gasteiger partial charge in [0.15, 0.2) is 0 Å². The molecule has 1 saturated heterocycles. The van der Waals surface area contributed by atoms with Gasteiger partial charge in [-0.1, -0.05) is 18.5 Å². The van der Waals surface area contributed by atoms with E-state index in [9.17, 15) is 0 Å². The first-order chi connectivity index (χ1) is 10.3. The van der Waals surface area contributed by atoms with Crippen molar-refractivity contribution in [1.82, 2.24) is 5.32 Å². The van der Waals surface area contributed by atoms with Crippen molar-refractivity contribution in [2.75, 3.05) is 18.1 Å². The minimum atomic E-state index is 0.314. The van der Waals surface area contributed by atoms with E-state index in [2.05, 4.69) is 30.1 Å². The number of fused-ring (bicyclic) bond motifs is 1. The third kappa shape index (κ3) is 3.77. The molecule has 1 aromatic carbocycles. The molecule has 0 spiro atoms. The largest absolute Gasteiger partial charge is 0.459 e. The Hall–Kier alpha value is -0.640. The van der Waals surface area contributed by atoms with Crippen LogP contribution in [-0.4, -0.2) is 18.1 Å². The highest BCUT2D eigenvalue weighted by atomic mass is 35.5. The van der Waals surface area contributed by atoms with E-state index in [1.807, 2.05) is 18.2 Å². The second-order valence-electron chi connectivity index (χ2n) is 5.73. The van der Waals surface area contributed by atoms with E-state index in [0.717, 1.165) is 34.2 Å². The smallest absolute Gasteiger partial charge is 0.134 e.